The van der Waals surface area contributed by atoms with Crippen molar-refractivity contribution < 1.29 is 5.11 Å². The van der Waals surface area contributed by atoms with E-state index >= 15 is 0 Å². The maximum Gasteiger partial charge on any atom is 0.0802 e. The SMILES string of the molecule is CCCC(C)N(C)CC(O)CCl. The molecule has 0 heterocycles. The smallest absolute Gasteiger partial charge is 0.0802 e. The quantitative estimate of drug-likeness (QED) is 0.650. The van der Waals surface area contributed by atoms with Gasteiger partial charge in [0.25, 0.3) is 0 Å². The minimum Gasteiger partial charge on any atom is -0.391 e. The van der Waals surface area contributed by atoms with Crippen LogP contribution in [0, 0.1) is 0 Å². The van der Waals surface area contributed by atoms with Crippen molar-refractivity contribution in [3.63, 3.8) is 0 Å². The highest BCUT2D eigenvalue weighted by Gasteiger charge is 2.11. The average molecular weight is 194 g/mol. The molecule has 0 aliphatic carbocycles. The van der Waals surface area contributed by atoms with Crippen LogP contribution in [0.15, 0.2) is 0 Å². The van der Waals surface area contributed by atoms with E-state index in [1.165, 1.54) is 12.8 Å². The molecule has 1 N–H and O–H groups in total. The molecule has 0 fully saturated rings. The first kappa shape index (κ1) is 12.2. The van der Waals surface area contributed by atoms with E-state index in [2.05, 4.69) is 18.7 Å². The lowest BCUT2D eigenvalue weighted by atomic mass is 10.1. The fourth-order valence-electron chi connectivity index (χ4n) is 1.20. The van der Waals surface area contributed by atoms with E-state index < -0.39 is 6.10 Å². The summed E-state index contributed by atoms with van der Waals surface area (Å²) in [6.45, 7) is 5.01. The second-order valence-electron chi connectivity index (χ2n) is 3.39. The zero-order valence-electron chi connectivity index (χ0n) is 8.26. The number of hydrogen-bond acceptors (Lipinski definition) is 2. The third-order valence-electron chi connectivity index (χ3n) is 2.14. The largest absolute Gasteiger partial charge is 0.391 e. The fourth-order valence-corrected chi connectivity index (χ4v) is 1.30. The number of nitrogens with zero attached hydrogens (tertiary/aromatic N) is 1. The number of rotatable bonds is 6. The molecule has 74 valence electrons. The molecular weight excluding hydrogens is 174 g/mol. The van der Waals surface area contributed by atoms with Gasteiger partial charge in [-0.05, 0) is 20.4 Å². The Hall–Kier alpha value is 0.210. The van der Waals surface area contributed by atoms with Crippen molar-refractivity contribution in [2.75, 3.05) is 19.5 Å². The van der Waals surface area contributed by atoms with Crippen molar-refractivity contribution in [1.29, 1.82) is 0 Å². The second-order valence-corrected chi connectivity index (χ2v) is 3.69. The zero-order chi connectivity index (χ0) is 9.56. The summed E-state index contributed by atoms with van der Waals surface area (Å²) in [7, 11) is 2.02. The molecule has 0 amide bonds. The predicted molar refractivity (Wildman–Crippen MR) is 53.7 cm³/mol. The normalized spacial score (nSPS) is 16.5. The van der Waals surface area contributed by atoms with Gasteiger partial charge >= 0.3 is 0 Å². The number of alkyl halides is 1. The molecule has 0 saturated heterocycles. The van der Waals surface area contributed by atoms with Crippen LogP contribution < -0.4 is 0 Å². The predicted octanol–water partition coefficient (Wildman–Crippen LogP) is 1.71. The number of aliphatic hydroxyl groups excluding tert-OH is 1. The van der Waals surface area contributed by atoms with Gasteiger partial charge in [-0.1, -0.05) is 13.3 Å². The molecule has 0 bridgehead atoms. The van der Waals surface area contributed by atoms with Crippen molar-refractivity contribution in [1.82, 2.24) is 4.90 Å². The Morgan fingerprint density at radius 1 is 1.50 bits per heavy atom. The summed E-state index contributed by atoms with van der Waals surface area (Å²) >= 11 is 5.50. The summed E-state index contributed by atoms with van der Waals surface area (Å²) in [5, 5.41) is 9.27. The third kappa shape index (κ3) is 4.96. The Morgan fingerprint density at radius 3 is 2.50 bits per heavy atom. The lowest BCUT2D eigenvalue weighted by Crippen LogP contribution is -2.36. The van der Waals surface area contributed by atoms with E-state index in [-0.39, 0.29) is 0 Å². The van der Waals surface area contributed by atoms with Gasteiger partial charge in [-0.2, -0.15) is 0 Å². The first-order chi connectivity index (χ1) is 5.61. The molecule has 0 aromatic rings. The summed E-state index contributed by atoms with van der Waals surface area (Å²) in [6, 6.07) is 0.535. The average Bonchev–Trinajstić information content (AvgIpc) is 2.04. The Labute approximate surface area is 80.5 Å². The molecule has 0 rings (SSSR count). The molecule has 2 nitrogen and oxygen atoms in total. The maximum atomic E-state index is 9.27. The summed E-state index contributed by atoms with van der Waals surface area (Å²) in [4.78, 5) is 2.15. The van der Waals surface area contributed by atoms with E-state index in [9.17, 15) is 5.11 Å². The van der Waals surface area contributed by atoms with Crippen molar-refractivity contribution in [2.24, 2.45) is 0 Å². The molecule has 2 atom stereocenters. The third-order valence-corrected chi connectivity index (χ3v) is 2.49. The van der Waals surface area contributed by atoms with Gasteiger partial charge in [0.2, 0.25) is 0 Å². The van der Waals surface area contributed by atoms with E-state index in [1.807, 2.05) is 7.05 Å². The van der Waals surface area contributed by atoms with Crippen LogP contribution in [0.4, 0.5) is 0 Å². The van der Waals surface area contributed by atoms with Crippen LogP contribution in [0.25, 0.3) is 0 Å². The molecule has 0 radical (unpaired) electrons. The summed E-state index contributed by atoms with van der Waals surface area (Å²) in [6.07, 6.45) is 1.96. The van der Waals surface area contributed by atoms with Crippen LogP contribution in [0.3, 0.4) is 0 Å². The van der Waals surface area contributed by atoms with Crippen LogP contribution in [-0.4, -0.2) is 41.6 Å². The number of aliphatic hydroxyl groups is 1. The van der Waals surface area contributed by atoms with Gasteiger partial charge in [0.15, 0.2) is 0 Å². The Morgan fingerprint density at radius 2 is 2.08 bits per heavy atom. The number of halogens is 1. The molecule has 3 heteroatoms. The van der Waals surface area contributed by atoms with Gasteiger partial charge in [-0.25, -0.2) is 0 Å². The molecule has 2 unspecified atom stereocenters. The van der Waals surface area contributed by atoms with Crippen LogP contribution in [0.2, 0.25) is 0 Å². The Bertz CT molecular complexity index is 111. The van der Waals surface area contributed by atoms with Crippen LogP contribution >= 0.6 is 11.6 Å². The topological polar surface area (TPSA) is 23.5 Å². The Balaban J connectivity index is 3.62. The molecule has 0 saturated carbocycles. The van der Waals surface area contributed by atoms with Gasteiger partial charge in [0, 0.05) is 18.5 Å². The first-order valence-corrected chi connectivity index (χ1v) is 5.09. The highest BCUT2D eigenvalue weighted by molar-refractivity contribution is 6.18. The van der Waals surface area contributed by atoms with Crippen molar-refractivity contribution >= 4 is 11.6 Å². The lowest BCUT2D eigenvalue weighted by molar-refractivity contribution is 0.121. The number of hydrogen-bond donors (Lipinski definition) is 1. The monoisotopic (exact) mass is 193 g/mol. The molecule has 0 aliphatic rings. The Kier molecular flexibility index (Phi) is 6.81. The summed E-state index contributed by atoms with van der Waals surface area (Å²) in [5.41, 5.74) is 0. The molecule has 12 heavy (non-hydrogen) atoms. The summed E-state index contributed by atoms with van der Waals surface area (Å²) < 4.78 is 0. The van der Waals surface area contributed by atoms with Crippen molar-refractivity contribution in [3.8, 4) is 0 Å². The second kappa shape index (κ2) is 6.70. The van der Waals surface area contributed by atoms with Gasteiger partial charge in [0.05, 0.1) is 6.10 Å². The van der Waals surface area contributed by atoms with Gasteiger partial charge in [-0.3, -0.25) is 0 Å². The molecule has 0 aromatic carbocycles. The van der Waals surface area contributed by atoms with Gasteiger partial charge < -0.3 is 10.0 Å². The van der Waals surface area contributed by atoms with Crippen molar-refractivity contribution in [2.45, 2.75) is 38.8 Å². The van der Waals surface area contributed by atoms with Crippen LogP contribution in [0.1, 0.15) is 26.7 Å². The lowest BCUT2D eigenvalue weighted by Gasteiger charge is -2.25. The van der Waals surface area contributed by atoms with E-state index in [1.54, 1.807) is 0 Å². The molecule has 0 aromatic heterocycles. The van der Waals surface area contributed by atoms with Crippen molar-refractivity contribution in [3.05, 3.63) is 0 Å². The minimum atomic E-state index is -0.393. The maximum absolute atomic E-state index is 9.27. The standard InChI is InChI=1S/C9H20ClNO/c1-4-5-8(2)11(3)7-9(12)6-10/h8-9,12H,4-7H2,1-3H3. The van der Waals surface area contributed by atoms with E-state index in [0.29, 0.717) is 18.5 Å². The van der Waals surface area contributed by atoms with Crippen LogP contribution in [0.5, 0.6) is 0 Å². The fraction of sp³-hybridized carbons (Fsp3) is 1.00. The highest BCUT2D eigenvalue weighted by atomic mass is 35.5. The van der Waals surface area contributed by atoms with Crippen LogP contribution in [-0.2, 0) is 0 Å². The first-order valence-electron chi connectivity index (χ1n) is 4.56. The van der Waals surface area contributed by atoms with Gasteiger partial charge in [0.1, 0.15) is 0 Å². The summed E-state index contributed by atoms with van der Waals surface area (Å²) in [5.74, 6) is 0.323. The zero-order valence-corrected chi connectivity index (χ0v) is 9.01. The van der Waals surface area contributed by atoms with Gasteiger partial charge in [-0.15, -0.1) is 11.6 Å². The van der Waals surface area contributed by atoms with E-state index in [0.717, 1.165) is 0 Å². The molecule has 0 aliphatic heterocycles. The molecule has 0 spiro atoms. The number of likely N-dealkylation sites (N-methyl/N-ethyl adjacent to an activating group) is 1. The highest BCUT2D eigenvalue weighted by Crippen LogP contribution is 2.04. The minimum absolute atomic E-state index is 0.323. The molecular formula is C9H20ClNO. The van der Waals surface area contributed by atoms with E-state index in [4.69, 9.17) is 11.6 Å².